The van der Waals surface area contributed by atoms with Gasteiger partial charge in [-0.3, -0.25) is 14.9 Å². The molecule has 1 fully saturated rings. The number of hydroxylamine groups is 2. The lowest BCUT2D eigenvalue weighted by molar-refractivity contribution is -0.154. The summed E-state index contributed by atoms with van der Waals surface area (Å²) in [6.07, 6.45) is 0.808. The molecule has 10 nitrogen and oxygen atoms in total. The normalized spacial score (nSPS) is 17.2. The van der Waals surface area contributed by atoms with Crippen LogP contribution >= 0.6 is 0 Å². The molecular weight excluding hydrogens is 522 g/mol. The van der Waals surface area contributed by atoms with Crippen LogP contribution in [0, 0.1) is 18.6 Å². The average molecular weight is 551 g/mol. The lowest BCUT2D eigenvalue weighted by Gasteiger charge is -2.20. The maximum atomic E-state index is 14.0. The molecule has 2 aromatic carbocycles. The Morgan fingerprint density at radius 3 is 2.65 bits per heavy atom. The maximum absolute atomic E-state index is 14.0. The highest BCUT2D eigenvalue weighted by molar-refractivity contribution is 5.91. The number of para-hydroxylation sites is 1. The molecule has 0 spiro atoms. The highest BCUT2D eigenvalue weighted by atomic mass is 19.2. The number of carbonyl (C=O) groups excluding carboxylic acids is 1. The van der Waals surface area contributed by atoms with Gasteiger partial charge in [0.15, 0.2) is 11.6 Å². The molecule has 0 bridgehead atoms. The molecule has 208 valence electrons. The van der Waals surface area contributed by atoms with Crippen LogP contribution in [0.1, 0.15) is 17.2 Å². The number of H-pyrrole nitrogens is 1. The van der Waals surface area contributed by atoms with Gasteiger partial charge in [-0.05, 0) is 42.8 Å². The lowest BCUT2D eigenvalue weighted by atomic mass is 10.0. The first-order valence-corrected chi connectivity index (χ1v) is 12.6. The van der Waals surface area contributed by atoms with Gasteiger partial charge < -0.3 is 15.0 Å². The van der Waals surface area contributed by atoms with E-state index in [1.165, 1.54) is 12.1 Å². The van der Waals surface area contributed by atoms with Crippen molar-refractivity contribution in [2.24, 2.45) is 0 Å². The number of urea groups is 1. The molecule has 3 heterocycles. The molecule has 0 saturated carbocycles. The number of aromatic nitrogens is 3. The van der Waals surface area contributed by atoms with Crippen LogP contribution in [0.15, 0.2) is 71.7 Å². The molecular formula is C28H28F2N6O4. The number of halogens is 2. The first kappa shape index (κ1) is 27.2. The number of carbonyl (C=O) groups is 1. The first-order valence-electron chi connectivity index (χ1n) is 12.6. The summed E-state index contributed by atoms with van der Waals surface area (Å²) in [6, 6.07) is 14.7. The third kappa shape index (κ3) is 5.78. The minimum atomic E-state index is -1.00. The highest BCUT2D eigenvalue weighted by Gasteiger charge is 2.37. The number of nitrogens with one attached hydrogen (secondary N) is 3. The van der Waals surface area contributed by atoms with E-state index < -0.39 is 29.8 Å². The number of hydrogen-bond donors (Lipinski definition) is 3. The molecule has 12 heteroatoms. The predicted molar refractivity (Wildman–Crippen MR) is 144 cm³/mol. The minimum Gasteiger partial charge on any atom is -0.383 e. The Labute approximate surface area is 228 Å². The van der Waals surface area contributed by atoms with Gasteiger partial charge in [-0.25, -0.2) is 18.3 Å². The van der Waals surface area contributed by atoms with E-state index in [9.17, 15) is 18.4 Å². The van der Waals surface area contributed by atoms with Crippen molar-refractivity contribution < 1.29 is 23.1 Å². The van der Waals surface area contributed by atoms with Gasteiger partial charge in [-0.2, -0.15) is 10.2 Å². The second-order valence-corrected chi connectivity index (χ2v) is 9.30. The largest absolute Gasteiger partial charge is 0.383 e. The fourth-order valence-corrected chi connectivity index (χ4v) is 4.58. The number of pyridine rings is 1. The Morgan fingerprint density at radius 2 is 1.95 bits per heavy atom. The van der Waals surface area contributed by atoms with Crippen LogP contribution in [-0.4, -0.2) is 58.7 Å². The fraction of sp³-hybridized carbons (Fsp3) is 0.250. The van der Waals surface area contributed by atoms with E-state index in [-0.39, 0.29) is 5.56 Å². The van der Waals surface area contributed by atoms with E-state index in [0.29, 0.717) is 53.6 Å². The van der Waals surface area contributed by atoms with Gasteiger partial charge in [-0.1, -0.05) is 24.3 Å². The molecule has 40 heavy (non-hydrogen) atoms. The fourth-order valence-electron chi connectivity index (χ4n) is 4.58. The van der Waals surface area contributed by atoms with Crippen LogP contribution < -0.4 is 16.2 Å². The van der Waals surface area contributed by atoms with E-state index in [2.05, 4.69) is 15.6 Å². The van der Waals surface area contributed by atoms with Gasteiger partial charge in [0.25, 0.3) is 0 Å². The third-order valence-electron chi connectivity index (χ3n) is 6.57. The van der Waals surface area contributed by atoms with Gasteiger partial charge in [0.05, 0.1) is 24.0 Å². The van der Waals surface area contributed by atoms with Crippen LogP contribution in [-0.2, 0) is 9.57 Å². The number of ether oxygens (including phenoxy) is 1. The summed E-state index contributed by atoms with van der Waals surface area (Å²) in [5.41, 5.74) is 2.78. The number of hydrogen-bond acceptors (Lipinski definition) is 6. The predicted octanol–water partition coefficient (Wildman–Crippen LogP) is 3.94. The third-order valence-corrected chi connectivity index (χ3v) is 6.57. The van der Waals surface area contributed by atoms with Crippen molar-refractivity contribution >= 4 is 11.8 Å². The smallest absolute Gasteiger partial charge is 0.320 e. The summed E-state index contributed by atoms with van der Waals surface area (Å²) in [4.78, 5) is 33.6. The van der Waals surface area contributed by atoms with Crippen molar-refractivity contribution in [3.05, 3.63) is 100.0 Å². The number of benzene rings is 2. The Morgan fingerprint density at radius 1 is 1.15 bits per heavy atom. The highest BCUT2D eigenvalue weighted by Crippen LogP contribution is 2.32. The number of rotatable bonds is 8. The topological polar surface area (TPSA) is 114 Å². The summed E-state index contributed by atoms with van der Waals surface area (Å²) in [7, 11) is 1.56. The van der Waals surface area contributed by atoms with E-state index in [1.54, 1.807) is 29.1 Å². The molecule has 3 N–H and O–H groups in total. The quantitative estimate of drug-likeness (QED) is 0.306. The van der Waals surface area contributed by atoms with Gasteiger partial charge >= 0.3 is 6.03 Å². The number of anilines is 1. The number of amides is 2. The van der Waals surface area contributed by atoms with Crippen molar-refractivity contribution in [1.82, 2.24) is 25.1 Å². The van der Waals surface area contributed by atoms with E-state index in [1.807, 2.05) is 37.3 Å². The molecule has 4 aromatic rings. The molecule has 1 aliphatic heterocycles. The Balaban J connectivity index is 1.43. The average Bonchev–Trinajstić information content (AvgIpc) is 3.50. The van der Waals surface area contributed by atoms with Crippen LogP contribution in [0.25, 0.3) is 16.9 Å². The first-order chi connectivity index (χ1) is 19.3. The zero-order chi connectivity index (χ0) is 28.2. The van der Waals surface area contributed by atoms with Crippen molar-refractivity contribution in [3.63, 3.8) is 0 Å². The molecule has 1 aliphatic rings. The Hall–Kier alpha value is -4.39. The number of nitrogens with zero attached hydrogens (tertiary/aromatic N) is 3. The lowest BCUT2D eigenvalue weighted by Crippen LogP contribution is -2.42. The molecule has 0 aliphatic carbocycles. The molecule has 1 saturated heterocycles. The summed E-state index contributed by atoms with van der Waals surface area (Å²) >= 11 is 0. The zero-order valence-electron chi connectivity index (χ0n) is 21.9. The summed E-state index contributed by atoms with van der Waals surface area (Å²) in [5.74, 6) is -1.55. The molecule has 0 radical (unpaired) electrons. The number of methoxy groups -OCH3 is 1. The van der Waals surface area contributed by atoms with Crippen LogP contribution in [0.5, 0.6) is 0 Å². The number of aromatic amines is 1. The summed E-state index contributed by atoms with van der Waals surface area (Å²) in [5, 5.41) is 12.2. The van der Waals surface area contributed by atoms with Gasteiger partial charge in [0.2, 0.25) is 5.56 Å². The van der Waals surface area contributed by atoms with Crippen LogP contribution in [0.2, 0.25) is 0 Å². The van der Waals surface area contributed by atoms with E-state index in [0.717, 1.165) is 12.1 Å². The minimum absolute atomic E-state index is 0.240. The van der Waals surface area contributed by atoms with Crippen LogP contribution in [0.4, 0.5) is 19.4 Å². The molecule has 2 aromatic heterocycles. The molecule has 2 atom stereocenters. The molecule has 2 amide bonds. The summed E-state index contributed by atoms with van der Waals surface area (Å²) in [6.45, 7) is 2.91. The monoisotopic (exact) mass is 550 g/mol. The van der Waals surface area contributed by atoms with Crippen LogP contribution in [0.3, 0.4) is 0 Å². The van der Waals surface area contributed by atoms with E-state index in [4.69, 9.17) is 14.7 Å². The van der Waals surface area contributed by atoms with Crippen molar-refractivity contribution in [1.29, 1.82) is 0 Å². The Kier molecular flexibility index (Phi) is 8.01. The molecule has 0 unspecified atom stereocenters. The van der Waals surface area contributed by atoms with Crippen molar-refractivity contribution in [2.75, 3.05) is 32.1 Å². The molecule has 5 rings (SSSR count). The second-order valence-electron chi connectivity index (χ2n) is 9.30. The maximum Gasteiger partial charge on any atom is 0.320 e. The zero-order valence-corrected chi connectivity index (χ0v) is 21.9. The van der Waals surface area contributed by atoms with Crippen molar-refractivity contribution in [3.8, 4) is 16.9 Å². The van der Waals surface area contributed by atoms with E-state index >= 15 is 0 Å². The van der Waals surface area contributed by atoms with Crippen molar-refractivity contribution in [2.45, 2.75) is 19.1 Å². The van der Waals surface area contributed by atoms with Gasteiger partial charge in [0.1, 0.15) is 11.9 Å². The van der Waals surface area contributed by atoms with Gasteiger partial charge in [-0.15, -0.1) is 0 Å². The SMILES string of the molecule is COCCN1C[C@@H](NC(=O)Nc2c(C)c(-c3ccc(=O)[nH]c3)nn2-c2ccccc2)[C@H](c2ccc(F)c(F)c2)O1. The second kappa shape index (κ2) is 11.8. The summed E-state index contributed by atoms with van der Waals surface area (Å²) < 4.78 is 34.4. The standard InChI is InChI=1S/C28H28F2N6O4/c1-17-25(19-9-11-24(37)31-15-19)34-36(20-6-4-3-5-7-20)27(17)33-28(38)32-23-16-35(12-13-39-2)40-26(23)18-8-10-21(29)22(30)14-18/h3-11,14-15,23,26H,12-13,16H2,1-2H3,(H,31,37)(H2,32,33,38)/t23-,26+/m1/s1. The van der Waals surface area contributed by atoms with Gasteiger partial charge in [0, 0.05) is 43.6 Å². The Bertz CT molecular complexity index is 1540.